The molecule has 0 aliphatic carbocycles. The Morgan fingerprint density at radius 2 is 2.31 bits per heavy atom. The van der Waals surface area contributed by atoms with Gasteiger partial charge in [-0.3, -0.25) is 4.40 Å². The van der Waals surface area contributed by atoms with Crippen molar-refractivity contribution in [1.29, 1.82) is 0 Å². The van der Waals surface area contributed by atoms with Gasteiger partial charge in [0.05, 0.1) is 11.2 Å². The zero-order chi connectivity index (χ0) is 9.26. The molecule has 0 aliphatic heterocycles. The van der Waals surface area contributed by atoms with Gasteiger partial charge >= 0.3 is 0 Å². The standard InChI is InChI=1S/C10H13N3/c1-3-8(2)10-9-4-5-11-6-13(9)7-12-10/h4-8H,3H2,1-2H3. The van der Waals surface area contributed by atoms with Crippen LogP contribution in [0.1, 0.15) is 31.9 Å². The van der Waals surface area contributed by atoms with Gasteiger partial charge in [0.25, 0.3) is 0 Å². The van der Waals surface area contributed by atoms with Crippen LogP contribution in [0.25, 0.3) is 5.52 Å². The molecule has 0 saturated heterocycles. The summed E-state index contributed by atoms with van der Waals surface area (Å²) < 4.78 is 1.96. The van der Waals surface area contributed by atoms with Gasteiger partial charge in [-0.05, 0) is 12.5 Å². The molecule has 0 aliphatic rings. The van der Waals surface area contributed by atoms with Gasteiger partial charge in [0.2, 0.25) is 0 Å². The summed E-state index contributed by atoms with van der Waals surface area (Å²) in [6.07, 6.45) is 6.54. The first kappa shape index (κ1) is 8.23. The van der Waals surface area contributed by atoms with Gasteiger partial charge in [-0.25, -0.2) is 9.97 Å². The van der Waals surface area contributed by atoms with Crippen molar-refractivity contribution in [2.24, 2.45) is 0 Å². The molecule has 2 aromatic heterocycles. The van der Waals surface area contributed by atoms with Crippen LogP contribution in [0.15, 0.2) is 24.9 Å². The molecular formula is C10H13N3. The van der Waals surface area contributed by atoms with E-state index in [-0.39, 0.29) is 0 Å². The minimum Gasteiger partial charge on any atom is -0.289 e. The van der Waals surface area contributed by atoms with E-state index in [0.717, 1.165) is 6.42 Å². The van der Waals surface area contributed by atoms with Crippen LogP contribution in [-0.2, 0) is 0 Å². The lowest BCUT2D eigenvalue weighted by molar-refractivity contribution is 0.719. The number of hydrogen-bond acceptors (Lipinski definition) is 2. The highest BCUT2D eigenvalue weighted by Gasteiger charge is 2.09. The minimum atomic E-state index is 0.521. The first-order chi connectivity index (χ1) is 6.33. The Hall–Kier alpha value is -1.38. The Bertz CT molecular complexity index is 405. The van der Waals surface area contributed by atoms with E-state index in [1.807, 2.05) is 23.0 Å². The maximum Gasteiger partial charge on any atom is 0.101 e. The van der Waals surface area contributed by atoms with Gasteiger partial charge in [0.1, 0.15) is 12.7 Å². The van der Waals surface area contributed by atoms with Gasteiger partial charge in [-0.15, -0.1) is 0 Å². The molecule has 0 N–H and O–H groups in total. The summed E-state index contributed by atoms with van der Waals surface area (Å²) in [5.41, 5.74) is 2.34. The van der Waals surface area contributed by atoms with Crippen LogP contribution in [-0.4, -0.2) is 14.4 Å². The number of rotatable bonds is 2. The van der Waals surface area contributed by atoms with Gasteiger partial charge in [0.15, 0.2) is 0 Å². The molecule has 0 saturated carbocycles. The summed E-state index contributed by atoms with van der Waals surface area (Å²) in [6.45, 7) is 4.37. The molecule has 1 atom stereocenters. The quantitative estimate of drug-likeness (QED) is 0.700. The Morgan fingerprint density at radius 3 is 3.08 bits per heavy atom. The molecule has 3 nitrogen and oxygen atoms in total. The summed E-state index contributed by atoms with van der Waals surface area (Å²) in [7, 11) is 0. The number of aromatic nitrogens is 3. The zero-order valence-electron chi connectivity index (χ0n) is 7.94. The lowest BCUT2D eigenvalue weighted by Crippen LogP contribution is -1.92. The van der Waals surface area contributed by atoms with Crippen molar-refractivity contribution in [2.45, 2.75) is 26.2 Å². The van der Waals surface area contributed by atoms with Gasteiger partial charge in [0, 0.05) is 12.1 Å². The van der Waals surface area contributed by atoms with Crippen molar-refractivity contribution >= 4 is 5.52 Å². The lowest BCUT2D eigenvalue weighted by Gasteiger charge is -2.04. The Morgan fingerprint density at radius 1 is 1.46 bits per heavy atom. The second-order valence-corrected chi connectivity index (χ2v) is 3.31. The van der Waals surface area contributed by atoms with E-state index in [9.17, 15) is 0 Å². The van der Waals surface area contributed by atoms with Gasteiger partial charge in [-0.1, -0.05) is 13.8 Å². The smallest absolute Gasteiger partial charge is 0.101 e. The molecule has 0 amide bonds. The van der Waals surface area contributed by atoms with Crippen LogP contribution in [0.2, 0.25) is 0 Å². The first-order valence-corrected chi connectivity index (χ1v) is 4.59. The van der Waals surface area contributed by atoms with E-state index in [1.54, 1.807) is 6.33 Å². The summed E-state index contributed by atoms with van der Waals surface area (Å²) in [5.74, 6) is 0.521. The summed E-state index contributed by atoms with van der Waals surface area (Å²) in [6, 6.07) is 2.01. The largest absolute Gasteiger partial charge is 0.289 e. The van der Waals surface area contributed by atoms with Crippen molar-refractivity contribution in [3.8, 4) is 0 Å². The summed E-state index contributed by atoms with van der Waals surface area (Å²) in [5, 5.41) is 0. The molecule has 1 unspecified atom stereocenters. The molecule has 0 bridgehead atoms. The van der Waals surface area contributed by atoms with Crippen molar-refractivity contribution < 1.29 is 0 Å². The molecule has 2 rings (SSSR count). The van der Waals surface area contributed by atoms with Crippen LogP contribution in [0.4, 0.5) is 0 Å². The average Bonchev–Trinajstić information content (AvgIpc) is 2.60. The third-order valence-electron chi connectivity index (χ3n) is 2.45. The third-order valence-corrected chi connectivity index (χ3v) is 2.45. The van der Waals surface area contributed by atoms with Crippen LogP contribution in [0, 0.1) is 0 Å². The summed E-state index contributed by atoms with van der Waals surface area (Å²) in [4.78, 5) is 8.42. The predicted octanol–water partition coefficient (Wildman–Crippen LogP) is 2.24. The van der Waals surface area contributed by atoms with E-state index < -0.39 is 0 Å². The van der Waals surface area contributed by atoms with E-state index in [1.165, 1.54) is 11.2 Å². The van der Waals surface area contributed by atoms with E-state index >= 15 is 0 Å². The maximum atomic E-state index is 4.39. The fraction of sp³-hybridized carbons (Fsp3) is 0.400. The normalized spacial score (nSPS) is 13.4. The fourth-order valence-electron chi connectivity index (χ4n) is 1.45. The van der Waals surface area contributed by atoms with Crippen LogP contribution in [0.3, 0.4) is 0 Å². The van der Waals surface area contributed by atoms with Crippen molar-refractivity contribution in [3.05, 3.63) is 30.6 Å². The van der Waals surface area contributed by atoms with Crippen LogP contribution < -0.4 is 0 Å². The molecule has 0 aromatic carbocycles. The van der Waals surface area contributed by atoms with Gasteiger partial charge < -0.3 is 0 Å². The van der Waals surface area contributed by atoms with Crippen molar-refractivity contribution in [3.63, 3.8) is 0 Å². The highest BCUT2D eigenvalue weighted by atomic mass is 15.0. The van der Waals surface area contributed by atoms with Crippen molar-refractivity contribution in [1.82, 2.24) is 14.4 Å². The number of fused-ring (bicyclic) bond motifs is 1. The molecular weight excluding hydrogens is 162 g/mol. The Balaban J connectivity index is 2.57. The molecule has 13 heavy (non-hydrogen) atoms. The molecule has 0 radical (unpaired) electrons. The molecule has 2 heterocycles. The van der Waals surface area contributed by atoms with Crippen molar-refractivity contribution in [2.75, 3.05) is 0 Å². The number of hydrogen-bond donors (Lipinski definition) is 0. The highest BCUT2D eigenvalue weighted by molar-refractivity contribution is 5.52. The second kappa shape index (κ2) is 3.17. The SMILES string of the molecule is CCC(C)c1ncn2cnccc12. The molecule has 2 aromatic rings. The Kier molecular flexibility index (Phi) is 2.00. The fourth-order valence-corrected chi connectivity index (χ4v) is 1.45. The molecule has 0 fully saturated rings. The molecule has 68 valence electrons. The van der Waals surface area contributed by atoms with Crippen LogP contribution >= 0.6 is 0 Å². The topological polar surface area (TPSA) is 30.2 Å². The molecule has 0 spiro atoms. The average molecular weight is 175 g/mol. The lowest BCUT2D eigenvalue weighted by atomic mass is 10.0. The third kappa shape index (κ3) is 1.30. The maximum absolute atomic E-state index is 4.39. The highest BCUT2D eigenvalue weighted by Crippen LogP contribution is 2.20. The summed E-state index contributed by atoms with van der Waals surface area (Å²) >= 11 is 0. The number of nitrogens with zero attached hydrogens (tertiary/aromatic N) is 3. The first-order valence-electron chi connectivity index (χ1n) is 4.59. The second-order valence-electron chi connectivity index (χ2n) is 3.31. The zero-order valence-corrected chi connectivity index (χ0v) is 7.94. The monoisotopic (exact) mass is 175 g/mol. The Labute approximate surface area is 77.4 Å². The van der Waals surface area contributed by atoms with E-state index in [4.69, 9.17) is 0 Å². The van der Waals surface area contributed by atoms with Crippen LogP contribution in [0.5, 0.6) is 0 Å². The van der Waals surface area contributed by atoms with E-state index in [0.29, 0.717) is 5.92 Å². The predicted molar refractivity (Wildman–Crippen MR) is 51.7 cm³/mol. The minimum absolute atomic E-state index is 0.521. The molecule has 3 heteroatoms. The van der Waals surface area contributed by atoms with Gasteiger partial charge in [-0.2, -0.15) is 0 Å². The number of imidazole rings is 1. The van der Waals surface area contributed by atoms with E-state index in [2.05, 4.69) is 23.8 Å².